The predicted molar refractivity (Wildman–Crippen MR) is 122 cm³/mol. The van der Waals surface area contributed by atoms with Gasteiger partial charge in [0.1, 0.15) is 6.61 Å². The van der Waals surface area contributed by atoms with E-state index in [1.807, 2.05) is 44.2 Å². The number of hydrogen-bond donors (Lipinski definition) is 2. The van der Waals surface area contributed by atoms with E-state index < -0.39 is 13.3 Å². The summed E-state index contributed by atoms with van der Waals surface area (Å²) in [6.45, 7) is 7.36. The van der Waals surface area contributed by atoms with Crippen molar-refractivity contribution < 1.29 is 28.5 Å². The van der Waals surface area contributed by atoms with Crippen molar-refractivity contribution in [1.82, 2.24) is 5.32 Å². The minimum atomic E-state index is -3.01. The van der Waals surface area contributed by atoms with E-state index in [0.717, 1.165) is 5.56 Å². The van der Waals surface area contributed by atoms with Crippen LogP contribution in [0.25, 0.3) is 0 Å². The summed E-state index contributed by atoms with van der Waals surface area (Å²) >= 11 is 0. The van der Waals surface area contributed by atoms with Gasteiger partial charge in [0.25, 0.3) is 0 Å². The van der Waals surface area contributed by atoms with Crippen LogP contribution in [0.1, 0.15) is 45.6 Å². The SMILES string of the molecule is CCOP(=O)(CC(=CCCCNCCC(=O)OCc1ccccc1)C(=O)O)CC(C)C. The van der Waals surface area contributed by atoms with Crippen LogP contribution >= 0.6 is 7.37 Å². The van der Waals surface area contributed by atoms with Crippen LogP contribution in [0.4, 0.5) is 0 Å². The third-order valence-corrected chi connectivity index (χ3v) is 7.23. The number of carboxylic acid groups (broad SMARTS) is 1. The highest BCUT2D eigenvalue weighted by atomic mass is 31.2. The van der Waals surface area contributed by atoms with Gasteiger partial charge in [-0.25, -0.2) is 4.79 Å². The predicted octanol–water partition coefficient (Wildman–Crippen LogP) is 4.47. The number of carboxylic acids is 1. The number of ether oxygens (including phenoxy) is 1. The molecule has 1 aromatic rings. The lowest BCUT2D eigenvalue weighted by Crippen LogP contribution is -2.20. The van der Waals surface area contributed by atoms with Gasteiger partial charge in [0.15, 0.2) is 0 Å². The summed E-state index contributed by atoms with van der Waals surface area (Å²) in [6.07, 6.45) is 3.47. The number of unbranched alkanes of at least 4 members (excludes halogenated alkanes) is 1. The van der Waals surface area contributed by atoms with Gasteiger partial charge in [-0.1, -0.05) is 50.3 Å². The van der Waals surface area contributed by atoms with Gasteiger partial charge < -0.3 is 19.7 Å². The van der Waals surface area contributed by atoms with E-state index >= 15 is 0 Å². The van der Waals surface area contributed by atoms with Crippen LogP contribution in [0.5, 0.6) is 0 Å². The number of aliphatic carboxylic acids is 1. The first-order valence-corrected chi connectivity index (χ1v) is 12.8. The number of rotatable bonds is 16. The molecular formula is C23H36NO6P. The summed E-state index contributed by atoms with van der Waals surface area (Å²) in [6, 6.07) is 9.51. The molecule has 1 unspecified atom stereocenters. The minimum Gasteiger partial charge on any atom is -0.478 e. The maximum Gasteiger partial charge on any atom is 0.331 e. The van der Waals surface area contributed by atoms with Gasteiger partial charge in [-0.15, -0.1) is 0 Å². The lowest BCUT2D eigenvalue weighted by molar-refractivity contribution is -0.144. The first-order chi connectivity index (χ1) is 14.8. The summed E-state index contributed by atoms with van der Waals surface area (Å²) in [7, 11) is -3.01. The molecule has 8 heteroatoms. The molecule has 0 radical (unpaired) electrons. The Balaban J connectivity index is 2.31. The zero-order valence-electron chi connectivity index (χ0n) is 18.8. The number of hydrogen-bond acceptors (Lipinski definition) is 6. The van der Waals surface area contributed by atoms with Crippen LogP contribution in [0.15, 0.2) is 42.0 Å². The number of nitrogens with one attached hydrogen (secondary N) is 1. The van der Waals surface area contributed by atoms with Gasteiger partial charge in [-0.2, -0.15) is 0 Å². The second-order valence-electron chi connectivity index (χ2n) is 7.79. The maximum atomic E-state index is 12.9. The third kappa shape index (κ3) is 12.5. The molecule has 1 atom stereocenters. The Labute approximate surface area is 185 Å². The molecule has 7 nitrogen and oxygen atoms in total. The fourth-order valence-electron chi connectivity index (χ4n) is 3.06. The largest absolute Gasteiger partial charge is 0.478 e. The Morgan fingerprint density at radius 2 is 1.90 bits per heavy atom. The van der Waals surface area contributed by atoms with E-state index in [-0.39, 0.29) is 36.6 Å². The van der Waals surface area contributed by atoms with Gasteiger partial charge in [-0.05, 0) is 37.8 Å². The number of allylic oxidation sites excluding steroid dienone is 1. The number of benzene rings is 1. The maximum absolute atomic E-state index is 12.9. The second kappa shape index (κ2) is 15.0. The summed E-state index contributed by atoms with van der Waals surface area (Å²) in [5.74, 6) is -1.16. The molecule has 0 aliphatic carbocycles. The van der Waals surface area contributed by atoms with Crippen molar-refractivity contribution in [2.75, 3.05) is 32.0 Å². The minimum absolute atomic E-state index is 0.0466. The zero-order valence-corrected chi connectivity index (χ0v) is 19.7. The van der Waals surface area contributed by atoms with Gasteiger partial charge in [0, 0.05) is 18.3 Å². The van der Waals surface area contributed by atoms with Crippen LogP contribution in [-0.2, 0) is 30.0 Å². The lowest BCUT2D eigenvalue weighted by atomic mass is 10.2. The van der Waals surface area contributed by atoms with E-state index in [4.69, 9.17) is 9.26 Å². The van der Waals surface area contributed by atoms with Gasteiger partial charge in [0.2, 0.25) is 7.37 Å². The van der Waals surface area contributed by atoms with E-state index in [1.54, 1.807) is 13.0 Å². The van der Waals surface area contributed by atoms with Crippen LogP contribution in [-0.4, -0.2) is 49.1 Å². The summed E-state index contributed by atoms with van der Waals surface area (Å²) in [4.78, 5) is 23.3. The summed E-state index contributed by atoms with van der Waals surface area (Å²) in [5, 5.41) is 12.6. The van der Waals surface area contributed by atoms with Crippen LogP contribution in [0.2, 0.25) is 0 Å². The Morgan fingerprint density at radius 3 is 2.52 bits per heavy atom. The van der Waals surface area contributed by atoms with Crippen LogP contribution in [0.3, 0.4) is 0 Å². The molecule has 0 aliphatic heterocycles. The van der Waals surface area contributed by atoms with Gasteiger partial charge >= 0.3 is 11.9 Å². The van der Waals surface area contributed by atoms with Crippen molar-refractivity contribution in [1.29, 1.82) is 0 Å². The van der Waals surface area contributed by atoms with Gasteiger partial charge in [0.05, 0.1) is 19.2 Å². The van der Waals surface area contributed by atoms with E-state index in [9.17, 15) is 19.3 Å². The average molecular weight is 454 g/mol. The molecule has 0 saturated carbocycles. The molecule has 0 aromatic heterocycles. The number of esters is 1. The normalized spacial score (nSPS) is 13.7. The van der Waals surface area contributed by atoms with Crippen molar-refractivity contribution >= 4 is 19.3 Å². The second-order valence-corrected chi connectivity index (χ2v) is 10.4. The molecule has 0 bridgehead atoms. The molecule has 1 aromatic carbocycles. The van der Waals surface area contributed by atoms with Crippen molar-refractivity contribution in [3.8, 4) is 0 Å². The van der Waals surface area contributed by atoms with Crippen molar-refractivity contribution in [2.24, 2.45) is 5.92 Å². The van der Waals surface area contributed by atoms with Crippen LogP contribution < -0.4 is 5.32 Å². The highest BCUT2D eigenvalue weighted by Gasteiger charge is 2.27. The van der Waals surface area contributed by atoms with E-state index in [1.165, 1.54) is 0 Å². The van der Waals surface area contributed by atoms with Crippen molar-refractivity contribution in [3.63, 3.8) is 0 Å². The van der Waals surface area contributed by atoms with Gasteiger partial charge in [-0.3, -0.25) is 9.36 Å². The summed E-state index contributed by atoms with van der Waals surface area (Å²) < 4.78 is 23.6. The molecule has 0 heterocycles. The molecule has 2 N–H and O–H groups in total. The highest BCUT2D eigenvalue weighted by Crippen LogP contribution is 2.50. The molecule has 0 saturated heterocycles. The molecule has 1 rings (SSSR count). The monoisotopic (exact) mass is 453 g/mol. The first-order valence-electron chi connectivity index (χ1n) is 10.8. The molecule has 0 aliphatic rings. The topological polar surface area (TPSA) is 102 Å². The fourth-order valence-corrected chi connectivity index (χ4v) is 5.76. The molecular weight excluding hydrogens is 417 g/mol. The van der Waals surface area contributed by atoms with Crippen molar-refractivity contribution in [3.05, 3.63) is 47.5 Å². The van der Waals surface area contributed by atoms with E-state index in [0.29, 0.717) is 38.7 Å². The summed E-state index contributed by atoms with van der Waals surface area (Å²) in [5.41, 5.74) is 1.09. The molecule has 0 amide bonds. The Kier molecular flexibility index (Phi) is 13.1. The molecule has 0 spiro atoms. The Hall–Kier alpha value is -1.95. The third-order valence-electron chi connectivity index (χ3n) is 4.39. The lowest BCUT2D eigenvalue weighted by Gasteiger charge is -2.20. The highest BCUT2D eigenvalue weighted by molar-refractivity contribution is 7.59. The zero-order chi connectivity index (χ0) is 23.1. The molecule has 174 valence electrons. The number of carbonyl (C=O) groups is 2. The first kappa shape index (κ1) is 27.1. The molecule has 0 fully saturated rings. The Morgan fingerprint density at radius 1 is 1.19 bits per heavy atom. The molecule has 31 heavy (non-hydrogen) atoms. The van der Waals surface area contributed by atoms with Crippen molar-refractivity contribution in [2.45, 2.75) is 46.6 Å². The average Bonchev–Trinajstić information content (AvgIpc) is 2.70. The van der Waals surface area contributed by atoms with Crippen LogP contribution in [0, 0.1) is 5.92 Å². The smallest absolute Gasteiger partial charge is 0.331 e. The van der Waals surface area contributed by atoms with E-state index in [2.05, 4.69) is 5.32 Å². The number of carbonyl (C=O) groups excluding carboxylic acids is 1. The quantitative estimate of drug-likeness (QED) is 0.165. The fraction of sp³-hybridized carbons (Fsp3) is 0.565. The standard InChI is InChI=1S/C23H36NO6P/c1-4-30-31(28,17-19(2)3)18-21(23(26)27)12-8-9-14-24-15-13-22(25)29-16-20-10-6-5-7-11-20/h5-7,10-12,19,24H,4,8-9,13-18H2,1-3H3,(H,26,27). The Bertz CT molecular complexity index is 748.